The zero-order chi connectivity index (χ0) is 30.5. The Bertz CT molecular complexity index is 1360. The Morgan fingerprint density at radius 2 is 1.16 bits per heavy atom. The molecule has 2 aliphatic heterocycles. The lowest BCUT2D eigenvalue weighted by molar-refractivity contribution is -0.138. The number of nitrogens with zero attached hydrogens (tertiary/aromatic N) is 2. The number of anilines is 1. The summed E-state index contributed by atoms with van der Waals surface area (Å²) in [5, 5.41) is 3.02. The SMILES string of the molecule is O=C1NCN(c2ccccc2)C12CCN(C1CCC(c3ccc(C(F)(F)F)cc3)(c3ccc(C(F)(F)F)cc3)CC1)CC2. The maximum atomic E-state index is 13.3. The van der Waals surface area contributed by atoms with Gasteiger partial charge in [0.15, 0.2) is 0 Å². The van der Waals surface area contributed by atoms with Crippen LogP contribution in [0.3, 0.4) is 0 Å². The van der Waals surface area contributed by atoms with Crippen molar-refractivity contribution in [1.82, 2.24) is 10.2 Å². The molecule has 43 heavy (non-hydrogen) atoms. The Hall–Kier alpha value is -3.53. The number of piperidine rings is 1. The van der Waals surface area contributed by atoms with Crippen molar-refractivity contribution in [3.05, 3.63) is 101 Å². The van der Waals surface area contributed by atoms with Crippen LogP contribution in [-0.4, -0.2) is 42.1 Å². The van der Waals surface area contributed by atoms with E-state index in [2.05, 4.69) is 15.1 Å². The van der Waals surface area contributed by atoms with Gasteiger partial charge in [-0.15, -0.1) is 0 Å². The summed E-state index contributed by atoms with van der Waals surface area (Å²) in [5.41, 5.74) is -0.446. The molecule has 3 aromatic rings. The fourth-order valence-corrected chi connectivity index (χ4v) is 7.45. The van der Waals surface area contributed by atoms with Crippen molar-refractivity contribution < 1.29 is 31.1 Å². The van der Waals surface area contributed by atoms with Gasteiger partial charge in [-0.25, -0.2) is 0 Å². The Kier molecular flexibility index (Phi) is 7.47. The van der Waals surface area contributed by atoms with Gasteiger partial charge in [0.2, 0.25) is 5.91 Å². The van der Waals surface area contributed by atoms with Crippen molar-refractivity contribution in [2.24, 2.45) is 0 Å². The molecular formula is C33H33F6N3O. The smallest absolute Gasteiger partial charge is 0.339 e. The minimum Gasteiger partial charge on any atom is -0.339 e. The lowest BCUT2D eigenvalue weighted by atomic mass is 9.64. The van der Waals surface area contributed by atoms with Gasteiger partial charge in [0.25, 0.3) is 0 Å². The van der Waals surface area contributed by atoms with E-state index in [9.17, 15) is 31.1 Å². The number of benzene rings is 3. The quantitative estimate of drug-likeness (QED) is 0.317. The fourth-order valence-electron chi connectivity index (χ4n) is 7.45. The maximum Gasteiger partial charge on any atom is 0.416 e. The first-order valence-electron chi connectivity index (χ1n) is 14.6. The van der Waals surface area contributed by atoms with E-state index < -0.39 is 34.4 Å². The molecular weight excluding hydrogens is 568 g/mol. The van der Waals surface area contributed by atoms with Crippen molar-refractivity contribution in [3.63, 3.8) is 0 Å². The van der Waals surface area contributed by atoms with E-state index in [1.807, 2.05) is 30.3 Å². The van der Waals surface area contributed by atoms with Crippen LogP contribution in [0.2, 0.25) is 0 Å². The largest absolute Gasteiger partial charge is 0.416 e. The number of nitrogens with one attached hydrogen (secondary N) is 1. The van der Waals surface area contributed by atoms with Crippen molar-refractivity contribution in [2.75, 3.05) is 24.7 Å². The second kappa shape index (κ2) is 10.9. The Balaban J connectivity index is 1.21. The van der Waals surface area contributed by atoms with Gasteiger partial charge in [0.05, 0.1) is 17.8 Å². The summed E-state index contributed by atoms with van der Waals surface area (Å²) < 4.78 is 79.8. The molecule has 3 fully saturated rings. The minimum atomic E-state index is -4.48. The average Bonchev–Trinajstić information content (AvgIpc) is 3.32. The number of hydrogen-bond acceptors (Lipinski definition) is 3. The minimum absolute atomic E-state index is 0.0447. The highest BCUT2D eigenvalue weighted by atomic mass is 19.4. The lowest BCUT2D eigenvalue weighted by Gasteiger charge is -2.49. The third-order valence-corrected chi connectivity index (χ3v) is 9.88. The van der Waals surface area contributed by atoms with Crippen LogP contribution in [0.15, 0.2) is 78.9 Å². The van der Waals surface area contributed by atoms with Crippen molar-refractivity contribution in [2.45, 2.75) is 67.9 Å². The Morgan fingerprint density at radius 3 is 1.63 bits per heavy atom. The van der Waals surface area contributed by atoms with Crippen LogP contribution in [0.5, 0.6) is 0 Å². The van der Waals surface area contributed by atoms with E-state index >= 15 is 0 Å². The number of carbonyl (C=O) groups excluding carboxylic acids is 1. The molecule has 0 radical (unpaired) electrons. The monoisotopic (exact) mass is 601 g/mol. The molecule has 6 rings (SSSR count). The third kappa shape index (κ3) is 5.39. The van der Waals surface area contributed by atoms with Gasteiger partial charge >= 0.3 is 12.4 Å². The molecule has 228 valence electrons. The molecule has 1 N–H and O–H groups in total. The summed E-state index contributed by atoms with van der Waals surface area (Å²) in [6, 6.07) is 20.2. The number of alkyl halides is 6. The van der Waals surface area contributed by atoms with E-state index in [-0.39, 0.29) is 11.9 Å². The highest BCUT2D eigenvalue weighted by molar-refractivity contribution is 5.93. The van der Waals surface area contributed by atoms with E-state index in [1.165, 1.54) is 24.3 Å². The van der Waals surface area contributed by atoms with E-state index in [0.29, 0.717) is 43.5 Å². The van der Waals surface area contributed by atoms with Crippen molar-refractivity contribution in [3.8, 4) is 0 Å². The molecule has 1 saturated carbocycles. The normalized spacial score (nSPS) is 21.3. The molecule has 2 saturated heterocycles. The Labute approximate surface area is 246 Å². The topological polar surface area (TPSA) is 35.6 Å². The molecule has 4 nitrogen and oxygen atoms in total. The van der Waals surface area contributed by atoms with Gasteiger partial charge in [-0.05, 0) is 86.1 Å². The molecule has 0 bridgehead atoms. The average molecular weight is 602 g/mol. The highest BCUT2D eigenvalue weighted by Gasteiger charge is 2.51. The van der Waals surface area contributed by atoms with Crippen molar-refractivity contribution >= 4 is 11.6 Å². The molecule has 1 spiro atoms. The van der Waals surface area contributed by atoms with Gasteiger partial charge < -0.3 is 15.1 Å². The summed E-state index contributed by atoms with van der Waals surface area (Å²) in [5.74, 6) is 0.0447. The van der Waals surface area contributed by atoms with Crippen LogP contribution >= 0.6 is 0 Å². The molecule has 10 heteroatoms. The van der Waals surface area contributed by atoms with Crippen LogP contribution in [0.1, 0.15) is 60.8 Å². The van der Waals surface area contributed by atoms with Crippen LogP contribution in [-0.2, 0) is 22.6 Å². The van der Waals surface area contributed by atoms with Gasteiger partial charge in [-0.2, -0.15) is 26.3 Å². The first-order chi connectivity index (χ1) is 20.4. The number of para-hydroxylation sites is 1. The standard InChI is InChI=1S/C33H33F6N3O/c34-32(35,36)25-10-6-23(7-11-25)30(24-8-12-26(13-9-24)33(37,38)39)16-14-27(15-17-30)41-20-18-31(19-21-41)29(43)40-22-42(31)28-4-2-1-3-5-28/h1-13,27H,14-22H2,(H,40,43). The molecule has 3 aliphatic rings. The number of carbonyl (C=O) groups is 1. The molecule has 0 unspecified atom stereocenters. The van der Waals surface area contributed by atoms with Gasteiger partial charge in [0.1, 0.15) is 5.54 Å². The zero-order valence-electron chi connectivity index (χ0n) is 23.5. The summed E-state index contributed by atoms with van der Waals surface area (Å²) in [7, 11) is 0. The first kappa shape index (κ1) is 29.5. The van der Waals surface area contributed by atoms with Crippen LogP contribution in [0, 0.1) is 0 Å². The zero-order valence-corrected chi connectivity index (χ0v) is 23.5. The number of rotatable bonds is 4. The van der Waals surface area contributed by atoms with E-state index in [0.717, 1.165) is 55.9 Å². The van der Waals surface area contributed by atoms with E-state index in [1.54, 1.807) is 0 Å². The Morgan fingerprint density at radius 1 is 0.674 bits per heavy atom. The molecule has 2 heterocycles. The van der Waals surface area contributed by atoms with Crippen LogP contribution in [0.25, 0.3) is 0 Å². The van der Waals surface area contributed by atoms with Gasteiger partial charge in [-0.3, -0.25) is 4.79 Å². The summed E-state index contributed by atoms with van der Waals surface area (Å²) in [6.07, 6.45) is -4.95. The predicted octanol–water partition coefficient (Wildman–Crippen LogP) is 7.38. The molecule has 3 aromatic carbocycles. The fraction of sp³-hybridized carbons (Fsp3) is 0.424. The predicted molar refractivity (Wildman–Crippen MR) is 151 cm³/mol. The lowest BCUT2D eigenvalue weighted by Crippen LogP contribution is -2.58. The summed E-state index contributed by atoms with van der Waals surface area (Å²) >= 11 is 0. The second-order valence-electron chi connectivity index (χ2n) is 12.0. The van der Waals surface area contributed by atoms with Gasteiger partial charge in [-0.1, -0.05) is 42.5 Å². The first-order valence-corrected chi connectivity index (χ1v) is 14.6. The van der Waals surface area contributed by atoms with Gasteiger partial charge in [0, 0.05) is 30.2 Å². The maximum absolute atomic E-state index is 13.3. The number of halogens is 6. The third-order valence-electron chi connectivity index (χ3n) is 9.88. The number of amides is 1. The van der Waals surface area contributed by atoms with Crippen molar-refractivity contribution in [1.29, 1.82) is 0 Å². The van der Waals surface area contributed by atoms with E-state index in [4.69, 9.17) is 0 Å². The molecule has 1 aliphatic carbocycles. The van der Waals surface area contributed by atoms with Crippen LogP contribution < -0.4 is 10.2 Å². The summed E-state index contributed by atoms with van der Waals surface area (Å²) in [6.45, 7) is 1.93. The molecule has 1 amide bonds. The highest BCUT2D eigenvalue weighted by Crippen LogP contribution is 2.48. The number of hydrogen-bond donors (Lipinski definition) is 1. The summed E-state index contributed by atoms with van der Waals surface area (Å²) in [4.78, 5) is 17.6. The molecule has 0 aromatic heterocycles. The van der Waals surface area contributed by atoms with Crippen LogP contribution in [0.4, 0.5) is 32.0 Å². The second-order valence-corrected chi connectivity index (χ2v) is 12.0. The molecule has 0 atom stereocenters. The number of likely N-dealkylation sites (tertiary alicyclic amines) is 1.